The zero-order valence-corrected chi connectivity index (χ0v) is 15.5. The van der Waals surface area contributed by atoms with Crippen LogP contribution in [0.5, 0.6) is 11.5 Å². The minimum atomic E-state index is 0.265. The van der Waals surface area contributed by atoms with Gasteiger partial charge in [0.15, 0.2) is 28.1 Å². The van der Waals surface area contributed by atoms with Crippen molar-refractivity contribution in [2.75, 3.05) is 20.0 Å². The molecule has 0 spiro atoms. The number of aromatic nitrogens is 4. The summed E-state index contributed by atoms with van der Waals surface area (Å²) in [6, 6.07) is 15.5. The van der Waals surface area contributed by atoms with Crippen molar-refractivity contribution in [1.82, 2.24) is 19.6 Å². The van der Waals surface area contributed by atoms with Crippen LogP contribution in [0.1, 0.15) is 0 Å². The molecule has 0 aliphatic heterocycles. The fraction of sp³-hybridized carbons (Fsp3) is 0.158. The highest BCUT2D eigenvalue weighted by molar-refractivity contribution is 7.99. The van der Waals surface area contributed by atoms with Gasteiger partial charge < -0.3 is 9.47 Å². The van der Waals surface area contributed by atoms with Gasteiger partial charge in [0, 0.05) is 17.0 Å². The van der Waals surface area contributed by atoms with Crippen LogP contribution < -0.4 is 9.47 Å². The predicted octanol–water partition coefficient (Wildman–Crippen LogP) is 3.58. The van der Waals surface area contributed by atoms with Crippen LogP contribution in [0.3, 0.4) is 0 Å². The molecule has 0 saturated carbocycles. The molecule has 0 aliphatic carbocycles. The molecule has 7 nitrogen and oxygen atoms in total. The summed E-state index contributed by atoms with van der Waals surface area (Å²) in [6.45, 7) is 0. The van der Waals surface area contributed by atoms with Gasteiger partial charge in [0.2, 0.25) is 0 Å². The summed E-state index contributed by atoms with van der Waals surface area (Å²) in [4.78, 5) is 9.40. The third kappa shape index (κ3) is 3.02. The molecule has 0 saturated heterocycles. The summed E-state index contributed by atoms with van der Waals surface area (Å²) >= 11 is 1.31. The maximum Gasteiger partial charge on any atom is 0.192 e. The Bertz CT molecular complexity index is 1170. The van der Waals surface area contributed by atoms with Crippen molar-refractivity contribution in [2.45, 2.75) is 5.16 Å². The Morgan fingerprint density at radius 2 is 1.81 bits per heavy atom. The Morgan fingerprint density at radius 3 is 2.52 bits per heavy atom. The van der Waals surface area contributed by atoms with Crippen molar-refractivity contribution < 1.29 is 9.47 Å². The molecule has 0 atom stereocenters. The molecule has 8 heteroatoms. The molecule has 4 rings (SSSR count). The van der Waals surface area contributed by atoms with Crippen LogP contribution >= 0.6 is 11.8 Å². The first-order valence-corrected chi connectivity index (χ1v) is 9.11. The number of nitrogens with zero attached hydrogens (tertiary/aromatic N) is 5. The Kier molecular flexibility index (Phi) is 4.52. The van der Waals surface area contributed by atoms with Crippen LogP contribution in [0.15, 0.2) is 47.6 Å². The van der Waals surface area contributed by atoms with E-state index in [1.54, 1.807) is 18.7 Å². The van der Waals surface area contributed by atoms with Crippen molar-refractivity contribution in [3.05, 3.63) is 42.5 Å². The molecule has 134 valence electrons. The first-order valence-electron chi connectivity index (χ1n) is 8.13. The van der Waals surface area contributed by atoms with Crippen LogP contribution in [0.4, 0.5) is 0 Å². The molecule has 2 aromatic carbocycles. The summed E-state index contributed by atoms with van der Waals surface area (Å²) in [7, 11) is 3.17. The fourth-order valence-corrected chi connectivity index (χ4v) is 3.42. The predicted molar refractivity (Wildman–Crippen MR) is 103 cm³/mol. The van der Waals surface area contributed by atoms with Crippen molar-refractivity contribution in [3.63, 3.8) is 0 Å². The summed E-state index contributed by atoms with van der Waals surface area (Å²) in [5.41, 5.74) is 2.26. The number of thioether (sulfide) groups is 1. The smallest absolute Gasteiger partial charge is 0.192 e. The van der Waals surface area contributed by atoms with Crippen molar-refractivity contribution >= 4 is 28.3 Å². The summed E-state index contributed by atoms with van der Waals surface area (Å²) in [5, 5.41) is 15.0. The van der Waals surface area contributed by atoms with E-state index in [-0.39, 0.29) is 5.75 Å². The highest BCUT2D eigenvalue weighted by Crippen LogP contribution is 2.34. The van der Waals surface area contributed by atoms with Gasteiger partial charge in [-0.1, -0.05) is 42.1 Å². The molecular formula is C19H15N5O2S. The van der Waals surface area contributed by atoms with Gasteiger partial charge in [-0.25, -0.2) is 9.97 Å². The average Bonchev–Trinajstić information content (AvgIpc) is 3.17. The number of hydrogen-bond donors (Lipinski definition) is 0. The Hall–Kier alpha value is -3.31. The number of nitriles is 1. The van der Waals surface area contributed by atoms with E-state index in [9.17, 15) is 0 Å². The Balaban J connectivity index is 2.02. The summed E-state index contributed by atoms with van der Waals surface area (Å²) in [5.74, 6) is 2.04. The van der Waals surface area contributed by atoms with Gasteiger partial charge in [-0.3, -0.25) is 0 Å². The van der Waals surface area contributed by atoms with Crippen LogP contribution in [0.2, 0.25) is 0 Å². The monoisotopic (exact) mass is 377 g/mol. The lowest BCUT2D eigenvalue weighted by atomic mass is 10.2. The molecule has 2 heterocycles. The van der Waals surface area contributed by atoms with Crippen molar-refractivity contribution in [3.8, 4) is 29.0 Å². The van der Waals surface area contributed by atoms with E-state index < -0.39 is 0 Å². The van der Waals surface area contributed by atoms with Gasteiger partial charge in [0.25, 0.3) is 0 Å². The molecule has 0 radical (unpaired) electrons. The Morgan fingerprint density at radius 1 is 1.07 bits per heavy atom. The number of fused-ring (bicyclic) bond motifs is 3. The van der Waals surface area contributed by atoms with E-state index in [4.69, 9.17) is 19.7 Å². The van der Waals surface area contributed by atoms with Gasteiger partial charge in [-0.15, -0.1) is 5.10 Å². The number of methoxy groups -OCH3 is 2. The highest BCUT2D eigenvalue weighted by atomic mass is 32.2. The van der Waals surface area contributed by atoms with Crippen LogP contribution in [0, 0.1) is 11.3 Å². The van der Waals surface area contributed by atoms with Crippen molar-refractivity contribution in [1.29, 1.82) is 5.26 Å². The van der Waals surface area contributed by atoms with Gasteiger partial charge in [0.1, 0.15) is 0 Å². The minimum absolute atomic E-state index is 0.265. The largest absolute Gasteiger partial charge is 0.493 e. The van der Waals surface area contributed by atoms with E-state index >= 15 is 0 Å². The van der Waals surface area contributed by atoms with Crippen LogP contribution in [-0.4, -0.2) is 39.6 Å². The van der Waals surface area contributed by atoms with Gasteiger partial charge in [-0.05, 0) is 6.07 Å². The molecule has 0 aliphatic rings. The molecule has 0 bridgehead atoms. The summed E-state index contributed by atoms with van der Waals surface area (Å²) in [6.07, 6.45) is 0. The Labute approximate surface area is 159 Å². The van der Waals surface area contributed by atoms with E-state index in [0.717, 1.165) is 10.9 Å². The van der Waals surface area contributed by atoms with Gasteiger partial charge >= 0.3 is 0 Å². The third-order valence-corrected chi connectivity index (χ3v) is 4.84. The van der Waals surface area contributed by atoms with Gasteiger partial charge in [-0.2, -0.15) is 9.78 Å². The van der Waals surface area contributed by atoms with E-state index in [1.165, 1.54) is 11.8 Å². The highest BCUT2D eigenvalue weighted by Gasteiger charge is 2.17. The third-order valence-electron chi connectivity index (χ3n) is 4.05. The first-order chi connectivity index (χ1) is 13.2. The molecule has 0 N–H and O–H groups in total. The fourth-order valence-electron chi connectivity index (χ4n) is 2.81. The molecule has 0 fully saturated rings. The van der Waals surface area contributed by atoms with Crippen LogP contribution in [-0.2, 0) is 0 Å². The normalized spacial score (nSPS) is 10.9. The van der Waals surface area contributed by atoms with E-state index in [0.29, 0.717) is 33.6 Å². The number of hydrogen-bond acceptors (Lipinski definition) is 7. The maximum absolute atomic E-state index is 8.97. The first kappa shape index (κ1) is 17.1. The molecule has 2 aromatic heterocycles. The number of benzene rings is 2. The molecule has 4 aromatic rings. The zero-order valence-electron chi connectivity index (χ0n) is 14.7. The topological polar surface area (TPSA) is 85.3 Å². The van der Waals surface area contributed by atoms with Crippen molar-refractivity contribution in [2.24, 2.45) is 0 Å². The van der Waals surface area contributed by atoms with E-state index in [2.05, 4.69) is 16.2 Å². The average molecular weight is 377 g/mol. The molecule has 0 unspecified atom stereocenters. The number of rotatable bonds is 5. The zero-order chi connectivity index (χ0) is 18.8. The standard InChI is InChI=1S/C19H15N5O2S/c1-25-15-10-13-14(11-16(15)26-2)21-19(27-9-8-20)24-18(13)22-17(23-24)12-6-4-3-5-7-12/h3-7,10-11H,9H2,1-2H3. The molecular weight excluding hydrogens is 362 g/mol. The lowest BCUT2D eigenvalue weighted by Crippen LogP contribution is -2.00. The second-order valence-corrected chi connectivity index (χ2v) is 6.54. The van der Waals surface area contributed by atoms with E-state index in [1.807, 2.05) is 42.5 Å². The second kappa shape index (κ2) is 7.13. The molecule has 27 heavy (non-hydrogen) atoms. The minimum Gasteiger partial charge on any atom is -0.493 e. The quantitative estimate of drug-likeness (QED) is 0.388. The van der Waals surface area contributed by atoms with Crippen LogP contribution in [0.25, 0.3) is 27.9 Å². The maximum atomic E-state index is 8.97. The molecule has 0 amide bonds. The SMILES string of the molecule is COc1cc2nc(SCC#N)n3nc(-c4ccccc4)nc3c2cc1OC. The lowest BCUT2D eigenvalue weighted by molar-refractivity contribution is 0.355. The number of ether oxygens (including phenoxy) is 2. The second-order valence-electron chi connectivity index (χ2n) is 5.60. The van der Waals surface area contributed by atoms with Gasteiger partial charge in [0.05, 0.1) is 31.6 Å². The lowest BCUT2D eigenvalue weighted by Gasteiger charge is -2.10. The summed E-state index contributed by atoms with van der Waals surface area (Å²) < 4.78 is 12.5.